The van der Waals surface area contributed by atoms with Crippen molar-refractivity contribution in [2.24, 2.45) is 5.16 Å². The molecule has 0 bridgehead atoms. The first kappa shape index (κ1) is 15.2. The van der Waals surface area contributed by atoms with Crippen molar-refractivity contribution in [3.8, 4) is 0 Å². The summed E-state index contributed by atoms with van der Waals surface area (Å²) in [5.41, 5.74) is -0.431. The minimum atomic E-state index is -1.22. The molecule has 1 aromatic rings. The van der Waals surface area contributed by atoms with Crippen LogP contribution in [0.2, 0.25) is 0 Å². The van der Waals surface area contributed by atoms with Crippen molar-refractivity contribution in [3.05, 3.63) is 22.4 Å². The molecule has 0 unspecified atom stereocenters. The number of esters is 1. The van der Waals surface area contributed by atoms with E-state index in [2.05, 4.69) is 5.16 Å². The van der Waals surface area contributed by atoms with Gasteiger partial charge in [-0.1, -0.05) is 5.16 Å². The standard InChI is InChI=1S/C12H15NO5S/c1-12(2,3)18-9(14)6-17-13-10(11(15)16)8-4-5-19-7-8/h4-5,7H,6H2,1-3H3,(H,15,16)/b13-10-. The Kier molecular flexibility index (Phi) is 5.05. The third kappa shape index (κ3) is 5.52. The van der Waals surface area contributed by atoms with Crippen LogP contribution in [-0.4, -0.2) is 35.0 Å². The molecule has 19 heavy (non-hydrogen) atoms. The zero-order valence-electron chi connectivity index (χ0n) is 10.9. The maximum absolute atomic E-state index is 11.3. The quantitative estimate of drug-likeness (QED) is 0.507. The first-order chi connectivity index (χ1) is 8.79. The summed E-state index contributed by atoms with van der Waals surface area (Å²) in [6.07, 6.45) is 0. The molecule has 0 saturated carbocycles. The summed E-state index contributed by atoms with van der Waals surface area (Å²) in [7, 11) is 0. The van der Waals surface area contributed by atoms with Crippen LogP contribution in [0, 0.1) is 0 Å². The molecule has 1 N–H and O–H groups in total. The van der Waals surface area contributed by atoms with Gasteiger partial charge < -0.3 is 14.7 Å². The van der Waals surface area contributed by atoms with Crippen LogP contribution < -0.4 is 0 Å². The van der Waals surface area contributed by atoms with Crippen LogP contribution in [0.5, 0.6) is 0 Å². The SMILES string of the molecule is CC(C)(C)OC(=O)CO/N=C(\C(=O)O)c1ccsc1. The molecular weight excluding hydrogens is 270 g/mol. The molecule has 0 aromatic carbocycles. The van der Waals surface area contributed by atoms with Crippen molar-refractivity contribution >= 4 is 29.0 Å². The molecule has 1 heterocycles. The molecule has 0 aliphatic heterocycles. The number of carbonyl (C=O) groups is 2. The highest BCUT2D eigenvalue weighted by Gasteiger charge is 2.18. The highest BCUT2D eigenvalue weighted by Crippen LogP contribution is 2.09. The predicted molar refractivity (Wildman–Crippen MR) is 70.3 cm³/mol. The summed E-state index contributed by atoms with van der Waals surface area (Å²) >= 11 is 1.34. The van der Waals surface area contributed by atoms with Gasteiger partial charge in [0.25, 0.3) is 0 Å². The molecule has 0 aliphatic carbocycles. The van der Waals surface area contributed by atoms with E-state index in [1.807, 2.05) is 0 Å². The molecule has 0 amide bonds. The van der Waals surface area contributed by atoms with E-state index in [1.165, 1.54) is 11.3 Å². The fourth-order valence-corrected chi connectivity index (χ4v) is 1.78. The van der Waals surface area contributed by atoms with E-state index in [4.69, 9.17) is 14.7 Å². The maximum atomic E-state index is 11.3. The number of thiophene rings is 1. The van der Waals surface area contributed by atoms with Gasteiger partial charge in [-0.15, -0.1) is 0 Å². The van der Waals surface area contributed by atoms with Crippen molar-refractivity contribution < 1.29 is 24.3 Å². The number of oxime groups is 1. The monoisotopic (exact) mass is 285 g/mol. The Labute approximate surface area is 114 Å². The van der Waals surface area contributed by atoms with Crippen molar-refractivity contribution in [3.63, 3.8) is 0 Å². The maximum Gasteiger partial charge on any atom is 0.358 e. The van der Waals surface area contributed by atoms with Crippen molar-refractivity contribution in [1.29, 1.82) is 0 Å². The highest BCUT2D eigenvalue weighted by molar-refractivity contribution is 7.08. The number of carbonyl (C=O) groups excluding carboxylic acids is 1. The summed E-state index contributed by atoms with van der Waals surface area (Å²) < 4.78 is 4.99. The Morgan fingerprint density at radius 3 is 2.58 bits per heavy atom. The number of hydrogen-bond donors (Lipinski definition) is 1. The van der Waals surface area contributed by atoms with Gasteiger partial charge in [-0.25, -0.2) is 9.59 Å². The van der Waals surface area contributed by atoms with Crippen LogP contribution in [0.4, 0.5) is 0 Å². The minimum absolute atomic E-state index is 0.246. The Morgan fingerprint density at radius 2 is 2.11 bits per heavy atom. The second-order valence-electron chi connectivity index (χ2n) is 4.62. The Morgan fingerprint density at radius 1 is 1.42 bits per heavy atom. The van der Waals surface area contributed by atoms with Crippen molar-refractivity contribution in [1.82, 2.24) is 0 Å². The average Bonchev–Trinajstić information content (AvgIpc) is 2.74. The first-order valence-corrected chi connectivity index (χ1v) is 6.41. The number of ether oxygens (including phenoxy) is 1. The lowest BCUT2D eigenvalue weighted by Gasteiger charge is -2.18. The molecule has 1 rings (SSSR count). The van der Waals surface area contributed by atoms with E-state index in [9.17, 15) is 9.59 Å². The summed E-state index contributed by atoms with van der Waals surface area (Å²) in [5, 5.41) is 15.8. The molecule has 0 spiro atoms. The van der Waals surface area contributed by atoms with Crippen LogP contribution in [0.25, 0.3) is 0 Å². The smallest absolute Gasteiger partial charge is 0.358 e. The lowest BCUT2D eigenvalue weighted by atomic mass is 10.2. The van der Waals surface area contributed by atoms with Gasteiger partial charge in [0.05, 0.1) is 0 Å². The number of nitrogens with zero attached hydrogens (tertiary/aromatic N) is 1. The van der Waals surface area contributed by atoms with E-state index in [-0.39, 0.29) is 5.71 Å². The summed E-state index contributed by atoms with van der Waals surface area (Å²) in [6, 6.07) is 1.61. The van der Waals surface area contributed by atoms with E-state index in [1.54, 1.807) is 37.6 Å². The van der Waals surface area contributed by atoms with Gasteiger partial charge in [-0.2, -0.15) is 11.3 Å². The van der Waals surface area contributed by atoms with E-state index in [0.29, 0.717) is 5.56 Å². The summed E-state index contributed by atoms with van der Waals surface area (Å²) in [4.78, 5) is 27.0. The largest absolute Gasteiger partial charge is 0.476 e. The van der Waals surface area contributed by atoms with Gasteiger partial charge >= 0.3 is 11.9 Å². The summed E-state index contributed by atoms with van der Waals surface area (Å²) in [6.45, 7) is 4.74. The number of carboxylic acid groups (broad SMARTS) is 1. The van der Waals surface area contributed by atoms with Crippen molar-refractivity contribution in [2.75, 3.05) is 6.61 Å². The molecule has 7 heteroatoms. The molecule has 104 valence electrons. The van der Waals surface area contributed by atoms with Crippen LogP contribution in [0.1, 0.15) is 26.3 Å². The number of carboxylic acids is 1. The topological polar surface area (TPSA) is 85.2 Å². The average molecular weight is 285 g/mol. The lowest BCUT2D eigenvalue weighted by Crippen LogP contribution is -2.26. The van der Waals surface area contributed by atoms with Crippen LogP contribution >= 0.6 is 11.3 Å². The van der Waals surface area contributed by atoms with Gasteiger partial charge in [0, 0.05) is 10.9 Å². The molecule has 0 fully saturated rings. The molecule has 0 atom stereocenters. The third-order valence-electron chi connectivity index (χ3n) is 1.76. The molecule has 0 saturated heterocycles. The van der Waals surface area contributed by atoms with Crippen LogP contribution in [0.15, 0.2) is 22.0 Å². The lowest BCUT2D eigenvalue weighted by molar-refractivity contribution is -0.160. The zero-order valence-corrected chi connectivity index (χ0v) is 11.7. The molecule has 1 aromatic heterocycles. The second-order valence-corrected chi connectivity index (χ2v) is 5.40. The second kappa shape index (κ2) is 6.33. The van der Waals surface area contributed by atoms with Crippen molar-refractivity contribution in [2.45, 2.75) is 26.4 Å². The Hall–Kier alpha value is -1.89. The minimum Gasteiger partial charge on any atom is -0.476 e. The normalized spacial score (nSPS) is 12.1. The van der Waals surface area contributed by atoms with E-state index in [0.717, 1.165) is 0 Å². The van der Waals surface area contributed by atoms with Crippen LogP contribution in [0.3, 0.4) is 0 Å². The molecule has 0 aliphatic rings. The Balaban J connectivity index is 2.59. The number of aliphatic carboxylic acids is 1. The zero-order chi connectivity index (χ0) is 14.5. The molecule has 0 radical (unpaired) electrons. The van der Waals surface area contributed by atoms with Crippen LogP contribution in [-0.2, 0) is 19.2 Å². The van der Waals surface area contributed by atoms with Gasteiger partial charge in [0.2, 0.25) is 6.61 Å². The highest BCUT2D eigenvalue weighted by atomic mass is 32.1. The van der Waals surface area contributed by atoms with Gasteiger partial charge in [0.15, 0.2) is 5.71 Å². The Bertz CT molecular complexity index is 473. The number of hydrogen-bond acceptors (Lipinski definition) is 6. The van der Waals surface area contributed by atoms with Gasteiger partial charge in [-0.3, -0.25) is 0 Å². The first-order valence-electron chi connectivity index (χ1n) is 5.47. The van der Waals surface area contributed by atoms with Gasteiger partial charge in [0.1, 0.15) is 5.60 Å². The van der Waals surface area contributed by atoms with E-state index >= 15 is 0 Å². The molecule has 6 nitrogen and oxygen atoms in total. The number of rotatable bonds is 5. The van der Waals surface area contributed by atoms with E-state index < -0.39 is 24.1 Å². The van der Waals surface area contributed by atoms with Gasteiger partial charge in [-0.05, 0) is 32.2 Å². The summed E-state index contributed by atoms with van der Waals surface area (Å²) in [5.74, 6) is -1.83. The predicted octanol–water partition coefficient (Wildman–Crippen LogP) is 1.90. The third-order valence-corrected chi connectivity index (χ3v) is 2.44. The fraction of sp³-hybridized carbons (Fsp3) is 0.417. The molecular formula is C12H15NO5S. The fourth-order valence-electron chi connectivity index (χ4n) is 1.13.